The lowest BCUT2D eigenvalue weighted by atomic mass is 10.1. The molecule has 0 aromatic carbocycles. The van der Waals surface area contributed by atoms with E-state index in [1.54, 1.807) is 11.0 Å². The third-order valence-corrected chi connectivity index (χ3v) is 3.02. The van der Waals surface area contributed by atoms with E-state index in [2.05, 4.69) is 6.58 Å². The van der Waals surface area contributed by atoms with Gasteiger partial charge in [0.25, 0.3) is 0 Å². The van der Waals surface area contributed by atoms with Crippen LogP contribution >= 0.6 is 0 Å². The summed E-state index contributed by atoms with van der Waals surface area (Å²) in [5.74, 6) is -0.892. The first-order valence-electron chi connectivity index (χ1n) is 6.09. The van der Waals surface area contributed by atoms with E-state index in [1.165, 1.54) is 4.90 Å². The van der Waals surface area contributed by atoms with Crippen LogP contribution < -0.4 is 0 Å². The molecule has 2 N–H and O–H groups in total. The van der Waals surface area contributed by atoms with Crippen LogP contribution in [0.15, 0.2) is 12.7 Å². The minimum Gasteiger partial charge on any atom is -0.481 e. The number of likely N-dealkylation sites (tertiary alicyclic amines) is 1. The Morgan fingerprint density at radius 2 is 2.22 bits per heavy atom. The number of nitrogens with zero attached hydrogens (tertiary/aromatic N) is 2. The van der Waals surface area contributed by atoms with Crippen molar-refractivity contribution in [3.05, 3.63) is 12.7 Å². The molecular formula is C12H20N2O4. The lowest BCUT2D eigenvalue weighted by molar-refractivity contribution is -0.138. The van der Waals surface area contributed by atoms with Crippen LogP contribution in [0.4, 0.5) is 4.79 Å². The summed E-state index contributed by atoms with van der Waals surface area (Å²) >= 11 is 0. The van der Waals surface area contributed by atoms with Crippen LogP contribution in [0.25, 0.3) is 0 Å². The Kier molecular flexibility index (Phi) is 5.64. The Bertz CT molecular complexity index is 319. The van der Waals surface area contributed by atoms with Crippen LogP contribution in [0, 0.1) is 0 Å². The quantitative estimate of drug-likeness (QED) is 0.679. The topological polar surface area (TPSA) is 81.1 Å². The number of carboxylic acids is 1. The zero-order valence-corrected chi connectivity index (χ0v) is 10.4. The molecule has 1 saturated heterocycles. The Hall–Kier alpha value is -1.56. The fraction of sp³-hybridized carbons (Fsp3) is 0.667. The molecule has 0 saturated carbocycles. The van der Waals surface area contributed by atoms with Crippen LogP contribution in [-0.2, 0) is 4.79 Å². The summed E-state index contributed by atoms with van der Waals surface area (Å²) in [6.45, 7) is 4.63. The molecule has 0 radical (unpaired) electrons. The zero-order chi connectivity index (χ0) is 13.5. The van der Waals surface area contributed by atoms with Gasteiger partial charge < -0.3 is 20.0 Å². The number of aliphatic carboxylic acids is 1. The number of carboxylic acid groups (broad SMARTS) is 1. The predicted octanol–water partition coefficient (Wildman–Crippen LogP) is 0.526. The van der Waals surface area contributed by atoms with E-state index in [0.717, 1.165) is 12.8 Å². The molecule has 1 aliphatic heterocycles. The normalized spacial score (nSPS) is 18.7. The number of amides is 2. The van der Waals surface area contributed by atoms with E-state index in [1.807, 2.05) is 0 Å². The smallest absolute Gasteiger partial charge is 0.320 e. The number of hydrogen-bond acceptors (Lipinski definition) is 3. The molecule has 0 aromatic heterocycles. The van der Waals surface area contributed by atoms with Gasteiger partial charge in [0.15, 0.2) is 0 Å². The van der Waals surface area contributed by atoms with Crippen LogP contribution in [0.3, 0.4) is 0 Å². The van der Waals surface area contributed by atoms with Crippen LogP contribution in [-0.4, -0.2) is 64.3 Å². The van der Waals surface area contributed by atoms with Gasteiger partial charge in [-0.2, -0.15) is 0 Å². The van der Waals surface area contributed by atoms with Gasteiger partial charge in [-0.1, -0.05) is 6.08 Å². The SMILES string of the molecule is C=CCN(CCO)C(=O)N1CCCC1CC(=O)O. The Morgan fingerprint density at radius 3 is 2.78 bits per heavy atom. The van der Waals surface area contributed by atoms with Crippen molar-refractivity contribution in [2.24, 2.45) is 0 Å². The van der Waals surface area contributed by atoms with Gasteiger partial charge in [-0.25, -0.2) is 4.79 Å². The highest BCUT2D eigenvalue weighted by Gasteiger charge is 2.32. The molecular weight excluding hydrogens is 236 g/mol. The van der Waals surface area contributed by atoms with E-state index < -0.39 is 5.97 Å². The van der Waals surface area contributed by atoms with Crippen molar-refractivity contribution >= 4 is 12.0 Å². The molecule has 18 heavy (non-hydrogen) atoms. The summed E-state index contributed by atoms with van der Waals surface area (Å²) in [5.41, 5.74) is 0. The predicted molar refractivity (Wildman–Crippen MR) is 66.2 cm³/mol. The molecule has 1 rings (SSSR count). The number of carbonyl (C=O) groups excluding carboxylic acids is 1. The molecule has 1 unspecified atom stereocenters. The Balaban J connectivity index is 2.67. The van der Waals surface area contributed by atoms with Gasteiger partial charge in [0, 0.05) is 25.7 Å². The Labute approximate surface area is 106 Å². The number of urea groups is 1. The molecule has 0 spiro atoms. The average molecular weight is 256 g/mol. The fourth-order valence-corrected chi connectivity index (χ4v) is 2.22. The third-order valence-electron chi connectivity index (χ3n) is 3.02. The molecule has 1 fully saturated rings. The standard InChI is InChI=1S/C12H20N2O4/c1-2-5-13(7-8-15)12(18)14-6-3-4-10(14)9-11(16)17/h2,10,15H,1,3-9H2,(H,16,17). The van der Waals surface area contributed by atoms with E-state index >= 15 is 0 Å². The van der Waals surface area contributed by atoms with Gasteiger partial charge in [-0.05, 0) is 12.8 Å². The van der Waals surface area contributed by atoms with Crippen molar-refractivity contribution in [3.63, 3.8) is 0 Å². The summed E-state index contributed by atoms with van der Waals surface area (Å²) in [6.07, 6.45) is 3.12. The second-order valence-electron chi connectivity index (χ2n) is 4.33. The first-order chi connectivity index (χ1) is 8.60. The van der Waals surface area contributed by atoms with Gasteiger partial charge in [0.2, 0.25) is 0 Å². The summed E-state index contributed by atoms with van der Waals surface area (Å²) in [4.78, 5) is 26.0. The molecule has 2 amide bonds. The summed E-state index contributed by atoms with van der Waals surface area (Å²) in [7, 11) is 0. The maximum atomic E-state index is 12.2. The number of rotatable bonds is 6. The first kappa shape index (κ1) is 14.5. The van der Waals surface area contributed by atoms with E-state index in [0.29, 0.717) is 13.1 Å². The molecule has 0 bridgehead atoms. The maximum Gasteiger partial charge on any atom is 0.320 e. The van der Waals surface area contributed by atoms with Gasteiger partial charge in [-0.3, -0.25) is 4.79 Å². The lowest BCUT2D eigenvalue weighted by Crippen LogP contribution is -2.47. The molecule has 6 heteroatoms. The molecule has 0 aliphatic carbocycles. The van der Waals surface area contributed by atoms with Gasteiger partial charge in [0.1, 0.15) is 0 Å². The first-order valence-corrected chi connectivity index (χ1v) is 6.09. The zero-order valence-electron chi connectivity index (χ0n) is 10.4. The molecule has 1 heterocycles. The van der Waals surface area contributed by atoms with Gasteiger partial charge in [0.05, 0.1) is 13.0 Å². The molecule has 0 aromatic rings. The summed E-state index contributed by atoms with van der Waals surface area (Å²) in [5, 5.41) is 17.7. The van der Waals surface area contributed by atoms with Crippen LogP contribution in [0.5, 0.6) is 0 Å². The second-order valence-corrected chi connectivity index (χ2v) is 4.33. The van der Waals surface area contributed by atoms with Crippen molar-refractivity contribution in [2.75, 3.05) is 26.2 Å². The molecule has 6 nitrogen and oxygen atoms in total. The van der Waals surface area contributed by atoms with Crippen LogP contribution in [0.2, 0.25) is 0 Å². The highest BCUT2D eigenvalue weighted by Crippen LogP contribution is 2.21. The fourth-order valence-electron chi connectivity index (χ4n) is 2.22. The van der Waals surface area contributed by atoms with E-state index in [-0.39, 0.29) is 31.6 Å². The third kappa shape index (κ3) is 3.73. The molecule has 1 aliphatic rings. The van der Waals surface area contributed by atoms with E-state index in [9.17, 15) is 9.59 Å². The average Bonchev–Trinajstić information content (AvgIpc) is 2.75. The summed E-state index contributed by atoms with van der Waals surface area (Å²) < 4.78 is 0. The molecule has 102 valence electrons. The monoisotopic (exact) mass is 256 g/mol. The number of hydrogen-bond donors (Lipinski definition) is 2. The molecule has 1 atom stereocenters. The largest absolute Gasteiger partial charge is 0.481 e. The Morgan fingerprint density at radius 1 is 1.50 bits per heavy atom. The van der Waals surface area contributed by atoms with Crippen LogP contribution in [0.1, 0.15) is 19.3 Å². The highest BCUT2D eigenvalue weighted by atomic mass is 16.4. The maximum absolute atomic E-state index is 12.2. The van der Waals surface area contributed by atoms with Crippen molar-refractivity contribution in [1.82, 2.24) is 9.80 Å². The van der Waals surface area contributed by atoms with Crippen molar-refractivity contribution in [2.45, 2.75) is 25.3 Å². The summed E-state index contributed by atoms with van der Waals surface area (Å²) in [6, 6.07) is -0.450. The van der Waals surface area contributed by atoms with Crippen molar-refractivity contribution < 1.29 is 19.8 Å². The second kappa shape index (κ2) is 7.00. The minimum atomic E-state index is -0.892. The minimum absolute atomic E-state index is 0.0210. The van der Waals surface area contributed by atoms with E-state index in [4.69, 9.17) is 10.2 Å². The van der Waals surface area contributed by atoms with Crippen molar-refractivity contribution in [1.29, 1.82) is 0 Å². The number of aliphatic hydroxyl groups excluding tert-OH is 1. The number of carbonyl (C=O) groups is 2. The van der Waals surface area contributed by atoms with Crippen molar-refractivity contribution in [3.8, 4) is 0 Å². The van der Waals surface area contributed by atoms with Gasteiger partial charge >= 0.3 is 12.0 Å². The lowest BCUT2D eigenvalue weighted by Gasteiger charge is -2.30. The number of aliphatic hydroxyl groups is 1. The van der Waals surface area contributed by atoms with Gasteiger partial charge in [-0.15, -0.1) is 6.58 Å². The highest BCUT2D eigenvalue weighted by molar-refractivity contribution is 5.76.